The minimum Gasteiger partial charge on any atom is -0.466 e. The van der Waals surface area contributed by atoms with Gasteiger partial charge in [0.05, 0.1) is 6.61 Å². The highest BCUT2D eigenvalue weighted by Gasteiger charge is 2.17. The van der Waals surface area contributed by atoms with E-state index in [1.165, 1.54) is 19.3 Å². The summed E-state index contributed by atoms with van der Waals surface area (Å²) in [5.74, 6) is 0.711. The Hall–Kier alpha value is -1.06. The third kappa shape index (κ3) is 14.9. The first-order valence-electron chi connectivity index (χ1n) is 10.4. The van der Waals surface area contributed by atoms with Crippen molar-refractivity contribution in [3.05, 3.63) is 0 Å². The second kappa shape index (κ2) is 16.4. The predicted octanol–water partition coefficient (Wildman–Crippen LogP) is 5.25. The second-order valence-corrected chi connectivity index (χ2v) is 7.49. The monoisotopic (exact) mass is 355 g/mol. The standard InChI is InChI=1S/C21H41NO3/c1-5-7-9-10-13-19(12-8-6-2)21(24)22-16-11-17-25-20(23)15-14-18(3)4/h18-19H,5-17H2,1-4H3,(H,22,24). The first-order valence-corrected chi connectivity index (χ1v) is 10.4. The SMILES string of the molecule is CCCCCCC(CCCC)C(=O)NCCCOC(=O)CCC(C)C. The molecule has 0 aromatic heterocycles. The molecule has 0 radical (unpaired) electrons. The number of rotatable bonds is 16. The van der Waals surface area contributed by atoms with E-state index in [-0.39, 0.29) is 17.8 Å². The van der Waals surface area contributed by atoms with Gasteiger partial charge in [0, 0.05) is 18.9 Å². The number of unbranched alkanes of at least 4 members (excludes halogenated alkanes) is 4. The Balaban J connectivity index is 3.90. The van der Waals surface area contributed by atoms with Gasteiger partial charge in [-0.2, -0.15) is 0 Å². The van der Waals surface area contributed by atoms with E-state index in [1.807, 2.05) is 0 Å². The van der Waals surface area contributed by atoms with Crippen LogP contribution in [0, 0.1) is 11.8 Å². The highest BCUT2D eigenvalue weighted by molar-refractivity contribution is 5.78. The van der Waals surface area contributed by atoms with Gasteiger partial charge in [0.1, 0.15) is 0 Å². The van der Waals surface area contributed by atoms with Gasteiger partial charge in [0.2, 0.25) is 5.91 Å². The third-order valence-corrected chi connectivity index (χ3v) is 4.49. The van der Waals surface area contributed by atoms with Crippen molar-refractivity contribution in [1.82, 2.24) is 5.32 Å². The summed E-state index contributed by atoms with van der Waals surface area (Å²) in [6.07, 6.45) is 11.1. The Bertz CT molecular complexity index is 342. The molecule has 0 heterocycles. The molecule has 1 N–H and O–H groups in total. The predicted molar refractivity (Wildman–Crippen MR) is 104 cm³/mol. The lowest BCUT2D eigenvalue weighted by Gasteiger charge is -2.16. The number of nitrogens with one attached hydrogen (secondary N) is 1. The summed E-state index contributed by atoms with van der Waals surface area (Å²) in [6.45, 7) is 9.55. The fourth-order valence-electron chi connectivity index (χ4n) is 2.77. The van der Waals surface area contributed by atoms with Crippen LogP contribution in [0.5, 0.6) is 0 Å². The van der Waals surface area contributed by atoms with Crippen molar-refractivity contribution in [2.45, 2.75) is 98.3 Å². The zero-order valence-electron chi connectivity index (χ0n) is 17.1. The zero-order valence-corrected chi connectivity index (χ0v) is 17.1. The van der Waals surface area contributed by atoms with Crippen LogP contribution in [0.3, 0.4) is 0 Å². The van der Waals surface area contributed by atoms with Gasteiger partial charge >= 0.3 is 5.97 Å². The van der Waals surface area contributed by atoms with Crippen molar-refractivity contribution in [3.8, 4) is 0 Å². The molecule has 4 nitrogen and oxygen atoms in total. The van der Waals surface area contributed by atoms with E-state index in [0.29, 0.717) is 31.9 Å². The van der Waals surface area contributed by atoms with E-state index in [9.17, 15) is 9.59 Å². The number of esters is 1. The Morgan fingerprint density at radius 1 is 0.880 bits per heavy atom. The molecule has 0 fully saturated rings. The molecular formula is C21H41NO3. The summed E-state index contributed by atoms with van der Waals surface area (Å²) < 4.78 is 5.20. The molecule has 0 saturated heterocycles. The lowest BCUT2D eigenvalue weighted by atomic mass is 9.94. The average molecular weight is 356 g/mol. The van der Waals surface area contributed by atoms with Gasteiger partial charge in [-0.05, 0) is 31.6 Å². The smallest absolute Gasteiger partial charge is 0.305 e. The molecule has 0 saturated carbocycles. The molecule has 0 spiro atoms. The molecule has 0 aromatic carbocycles. The molecule has 0 aliphatic rings. The van der Waals surface area contributed by atoms with Gasteiger partial charge in [-0.3, -0.25) is 9.59 Å². The van der Waals surface area contributed by atoms with Crippen molar-refractivity contribution in [1.29, 1.82) is 0 Å². The van der Waals surface area contributed by atoms with Crippen LogP contribution in [-0.4, -0.2) is 25.0 Å². The van der Waals surface area contributed by atoms with E-state index < -0.39 is 0 Å². The van der Waals surface area contributed by atoms with Crippen LogP contribution in [0.2, 0.25) is 0 Å². The van der Waals surface area contributed by atoms with Crippen LogP contribution in [0.1, 0.15) is 98.3 Å². The molecule has 1 atom stereocenters. The quantitative estimate of drug-likeness (QED) is 0.304. The van der Waals surface area contributed by atoms with E-state index in [0.717, 1.165) is 38.5 Å². The maximum atomic E-state index is 12.4. The second-order valence-electron chi connectivity index (χ2n) is 7.49. The largest absolute Gasteiger partial charge is 0.466 e. The van der Waals surface area contributed by atoms with Crippen LogP contribution >= 0.6 is 0 Å². The van der Waals surface area contributed by atoms with E-state index in [2.05, 4.69) is 33.0 Å². The summed E-state index contributed by atoms with van der Waals surface area (Å²) >= 11 is 0. The topological polar surface area (TPSA) is 55.4 Å². The molecule has 4 heteroatoms. The fourth-order valence-corrected chi connectivity index (χ4v) is 2.77. The molecule has 1 unspecified atom stereocenters. The maximum Gasteiger partial charge on any atom is 0.305 e. The molecule has 0 aromatic rings. The van der Waals surface area contributed by atoms with Gasteiger partial charge < -0.3 is 10.1 Å². The van der Waals surface area contributed by atoms with Gasteiger partial charge in [-0.1, -0.05) is 66.2 Å². The molecule has 0 aliphatic carbocycles. The third-order valence-electron chi connectivity index (χ3n) is 4.49. The number of carbonyl (C=O) groups is 2. The van der Waals surface area contributed by atoms with Crippen molar-refractivity contribution in [2.24, 2.45) is 11.8 Å². The minimum absolute atomic E-state index is 0.128. The molecule has 25 heavy (non-hydrogen) atoms. The fraction of sp³-hybridized carbons (Fsp3) is 0.905. The molecule has 0 aliphatic heterocycles. The van der Waals surface area contributed by atoms with Crippen molar-refractivity contribution < 1.29 is 14.3 Å². The summed E-state index contributed by atoms with van der Waals surface area (Å²) in [6, 6.07) is 0. The lowest BCUT2D eigenvalue weighted by Crippen LogP contribution is -2.32. The molecule has 0 rings (SSSR count). The van der Waals surface area contributed by atoms with Crippen LogP contribution < -0.4 is 5.32 Å². The number of hydrogen-bond acceptors (Lipinski definition) is 3. The number of ether oxygens (including phenoxy) is 1. The van der Waals surface area contributed by atoms with Crippen LogP contribution in [-0.2, 0) is 14.3 Å². The Morgan fingerprint density at radius 2 is 1.56 bits per heavy atom. The summed E-state index contributed by atoms with van der Waals surface area (Å²) in [7, 11) is 0. The normalized spacial score (nSPS) is 12.2. The molecule has 148 valence electrons. The molecule has 0 bridgehead atoms. The van der Waals surface area contributed by atoms with Crippen molar-refractivity contribution in [3.63, 3.8) is 0 Å². The maximum absolute atomic E-state index is 12.4. The Morgan fingerprint density at radius 3 is 2.20 bits per heavy atom. The molecule has 1 amide bonds. The van der Waals surface area contributed by atoms with Crippen LogP contribution in [0.25, 0.3) is 0 Å². The van der Waals surface area contributed by atoms with Crippen molar-refractivity contribution >= 4 is 11.9 Å². The van der Waals surface area contributed by atoms with Crippen LogP contribution in [0.15, 0.2) is 0 Å². The Kier molecular flexibility index (Phi) is 15.7. The number of amides is 1. The van der Waals surface area contributed by atoms with Crippen molar-refractivity contribution in [2.75, 3.05) is 13.2 Å². The minimum atomic E-state index is -0.128. The highest BCUT2D eigenvalue weighted by Crippen LogP contribution is 2.17. The van der Waals surface area contributed by atoms with E-state index >= 15 is 0 Å². The first-order chi connectivity index (χ1) is 12.0. The highest BCUT2D eigenvalue weighted by atomic mass is 16.5. The molecular weight excluding hydrogens is 314 g/mol. The van der Waals surface area contributed by atoms with Crippen LogP contribution in [0.4, 0.5) is 0 Å². The van der Waals surface area contributed by atoms with E-state index in [1.54, 1.807) is 0 Å². The van der Waals surface area contributed by atoms with Gasteiger partial charge in [0.15, 0.2) is 0 Å². The van der Waals surface area contributed by atoms with Gasteiger partial charge in [0.25, 0.3) is 0 Å². The lowest BCUT2D eigenvalue weighted by molar-refractivity contribution is -0.144. The zero-order chi connectivity index (χ0) is 18.9. The summed E-state index contributed by atoms with van der Waals surface area (Å²) in [4.78, 5) is 23.9. The summed E-state index contributed by atoms with van der Waals surface area (Å²) in [5, 5.41) is 3.03. The average Bonchev–Trinajstić information content (AvgIpc) is 2.58. The number of hydrogen-bond donors (Lipinski definition) is 1. The Labute approximate surface area is 155 Å². The van der Waals surface area contributed by atoms with E-state index in [4.69, 9.17) is 4.74 Å². The number of carbonyl (C=O) groups excluding carboxylic acids is 2. The summed E-state index contributed by atoms with van der Waals surface area (Å²) in [5.41, 5.74) is 0. The first kappa shape index (κ1) is 23.9. The van der Waals surface area contributed by atoms with Gasteiger partial charge in [-0.15, -0.1) is 0 Å². The van der Waals surface area contributed by atoms with Gasteiger partial charge in [-0.25, -0.2) is 0 Å².